The first-order chi connectivity index (χ1) is 7.56. The third kappa shape index (κ3) is 2.99. The third-order valence-corrected chi connectivity index (χ3v) is 3.01. The fraction of sp³-hybridized carbons (Fsp3) is 0.556. The van der Waals surface area contributed by atoms with E-state index in [1.54, 1.807) is 6.92 Å². The second-order valence-corrected chi connectivity index (χ2v) is 4.24. The number of rotatable bonds is 5. The van der Waals surface area contributed by atoms with Gasteiger partial charge < -0.3 is 10.4 Å². The number of hydrogen-bond acceptors (Lipinski definition) is 5. The topological polar surface area (TPSA) is 92.2 Å². The van der Waals surface area contributed by atoms with E-state index in [9.17, 15) is 9.59 Å². The number of carbonyl (C=O) groups excluding carboxylic acids is 1. The molecule has 0 saturated heterocycles. The normalized spacial score (nSPS) is 14.1. The number of nitrogens with zero attached hydrogens (tertiary/aromatic N) is 2. The molecule has 0 spiro atoms. The molecule has 1 unspecified atom stereocenters. The van der Waals surface area contributed by atoms with Crippen molar-refractivity contribution in [2.75, 3.05) is 0 Å². The lowest BCUT2D eigenvalue weighted by Crippen LogP contribution is -2.44. The lowest BCUT2D eigenvalue weighted by atomic mass is 9.99. The van der Waals surface area contributed by atoms with Crippen molar-refractivity contribution in [3.8, 4) is 0 Å². The molecule has 0 aliphatic carbocycles. The number of carboxylic acid groups (broad SMARTS) is 1. The summed E-state index contributed by atoms with van der Waals surface area (Å²) < 4.78 is 3.54. The summed E-state index contributed by atoms with van der Waals surface area (Å²) >= 11 is 0.938. The van der Waals surface area contributed by atoms with Gasteiger partial charge >= 0.3 is 5.97 Å². The van der Waals surface area contributed by atoms with Gasteiger partial charge in [0.2, 0.25) is 0 Å². The summed E-state index contributed by atoms with van der Waals surface area (Å²) in [5, 5.41) is 15.0. The number of aromatic nitrogens is 2. The van der Waals surface area contributed by atoms with Gasteiger partial charge in [-0.2, -0.15) is 0 Å². The first-order valence-electron chi connectivity index (χ1n) is 4.87. The Labute approximate surface area is 96.8 Å². The van der Waals surface area contributed by atoms with E-state index in [-0.39, 0.29) is 5.92 Å². The van der Waals surface area contributed by atoms with Gasteiger partial charge in [0.05, 0.1) is 6.20 Å². The number of carbonyl (C=O) groups is 2. The maximum Gasteiger partial charge on any atom is 0.326 e. The molecular weight excluding hydrogens is 230 g/mol. The molecule has 1 rings (SSSR count). The van der Waals surface area contributed by atoms with Gasteiger partial charge in [-0.05, 0) is 17.5 Å². The van der Waals surface area contributed by atoms with Gasteiger partial charge in [0.15, 0.2) is 0 Å². The molecule has 88 valence electrons. The molecule has 0 radical (unpaired) electrons. The molecule has 0 aliphatic heterocycles. The minimum absolute atomic E-state index is 0.123. The Kier molecular flexibility index (Phi) is 4.36. The highest BCUT2D eigenvalue weighted by molar-refractivity contribution is 7.07. The van der Waals surface area contributed by atoms with Crippen LogP contribution in [0.5, 0.6) is 0 Å². The minimum Gasteiger partial charge on any atom is -0.480 e. The largest absolute Gasteiger partial charge is 0.480 e. The zero-order valence-electron chi connectivity index (χ0n) is 9.01. The molecule has 1 amide bonds. The highest BCUT2D eigenvalue weighted by atomic mass is 32.1. The monoisotopic (exact) mass is 243 g/mol. The van der Waals surface area contributed by atoms with Crippen molar-refractivity contribution in [2.45, 2.75) is 26.3 Å². The fourth-order valence-electron chi connectivity index (χ4n) is 1.16. The highest BCUT2D eigenvalue weighted by Gasteiger charge is 2.26. The summed E-state index contributed by atoms with van der Waals surface area (Å²) in [4.78, 5) is 22.9. The van der Waals surface area contributed by atoms with E-state index in [1.165, 1.54) is 6.20 Å². The molecule has 0 aliphatic rings. The molecule has 16 heavy (non-hydrogen) atoms. The van der Waals surface area contributed by atoms with Gasteiger partial charge in [-0.25, -0.2) is 4.79 Å². The highest BCUT2D eigenvalue weighted by Crippen LogP contribution is 2.10. The molecule has 2 atom stereocenters. The van der Waals surface area contributed by atoms with E-state index in [4.69, 9.17) is 5.11 Å². The van der Waals surface area contributed by atoms with Crippen LogP contribution in [0.4, 0.5) is 0 Å². The predicted octanol–water partition coefficient (Wildman–Crippen LogP) is 0.767. The summed E-state index contributed by atoms with van der Waals surface area (Å²) in [6.07, 6.45) is 1.99. The van der Waals surface area contributed by atoms with Gasteiger partial charge in [0.25, 0.3) is 5.91 Å². The van der Waals surface area contributed by atoms with Crippen molar-refractivity contribution >= 4 is 23.4 Å². The number of nitrogens with one attached hydrogen (secondary N) is 1. The van der Waals surface area contributed by atoms with Crippen molar-refractivity contribution in [1.29, 1.82) is 0 Å². The smallest absolute Gasteiger partial charge is 0.326 e. The molecule has 6 nitrogen and oxygen atoms in total. The maximum atomic E-state index is 11.6. The molecule has 1 heterocycles. The summed E-state index contributed by atoms with van der Waals surface area (Å²) in [6, 6.07) is -0.875. The van der Waals surface area contributed by atoms with Crippen LogP contribution < -0.4 is 5.32 Å². The van der Waals surface area contributed by atoms with Gasteiger partial charge in [-0.1, -0.05) is 24.8 Å². The van der Waals surface area contributed by atoms with Crippen LogP contribution in [0.25, 0.3) is 0 Å². The van der Waals surface area contributed by atoms with Crippen LogP contribution >= 0.6 is 11.5 Å². The summed E-state index contributed by atoms with van der Waals surface area (Å²) in [5.41, 5.74) is 0. The molecule has 0 bridgehead atoms. The maximum absolute atomic E-state index is 11.6. The van der Waals surface area contributed by atoms with Crippen molar-refractivity contribution in [1.82, 2.24) is 14.9 Å². The SMILES string of the molecule is CCC(C)[C@H](NC(=O)c1cnns1)C(=O)O. The van der Waals surface area contributed by atoms with Crippen LogP contribution in [0.2, 0.25) is 0 Å². The van der Waals surface area contributed by atoms with Crippen molar-refractivity contribution < 1.29 is 14.7 Å². The Morgan fingerprint density at radius 3 is 2.75 bits per heavy atom. The predicted molar refractivity (Wildman–Crippen MR) is 58.3 cm³/mol. The lowest BCUT2D eigenvalue weighted by Gasteiger charge is -2.19. The second kappa shape index (κ2) is 5.55. The average Bonchev–Trinajstić information content (AvgIpc) is 2.77. The van der Waals surface area contributed by atoms with Crippen molar-refractivity contribution in [2.24, 2.45) is 5.92 Å². The van der Waals surface area contributed by atoms with E-state index in [1.807, 2.05) is 6.92 Å². The van der Waals surface area contributed by atoms with E-state index in [2.05, 4.69) is 14.9 Å². The van der Waals surface area contributed by atoms with Crippen LogP contribution in [0.15, 0.2) is 6.20 Å². The lowest BCUT2D eigenvalue weighted by molar-refractivity contribution is -0.140. The number of aliphatic carboxylic acids is 1. The van der Waals surface area contributed by atoms with E-state index in [0.29, 0.717) is 11.3 Å². The number of hydrogen-bond donors (Lipinski definition) is 2. The Balaban J connectivity index is 2.69. The van der Waals surface area contributed by atoms with Gasteiger partial charge in [-0.3, -0.25) is 4.79 Å². The molecule has 0 aromatic carbocycles. The molecule has 2 N–H and O–H groups in total. The van der Waals surface area contributed by atoms with Gasteiger partial charge in [0, 0.05) is 0 Å². The van der Waals surface area contributed by atoms with Gasteiger partial charge in [-0.15, -0.1) is 5.10 Å². The second-order valence-electron chi connectivity index (χ2n) is 3.46. The molecule has 7 heteroatoms. The van der Waals surface area contributed by atoms with Crippen LogP contribution in [0.1, 0.15) is 29.9 Å². The number of amides is 1. The van der Waals surface area contributed by atoms with E-state index < -0.39 is 17.9 Å². The number of carboxylic acids is 1. The average molecular weight is 243 g/mol. The first-order valence-corrected chi connectivity index (χ1v) is 5.64. The van der Waals surface area contributed by atoms with Crippen LogP contribution in [0, 0.1) is 5.92 Å². The first kappa shape index (κ1) is 12.6. The Morgan fingerprint density at radius 1 is 1.62 bits per heavy atom. The zero-order chi connectivity index (χ0) is 12.1. The quantitative estimate of drug-likeness (QED) is 0.796. The third-order valence-electron chi connectivity index (χ3n) is 2.35. The van der Waals surface area contributed by atoms with Gasteiger partial charge in [0.1, 0.15) is 10.9 Å². The van der Waals surface area contributed by atoms with Crippen molar-refractivity contribution in [3.05, 3.63) is 11.1 Å². The summed E-state index contributed by atoms with van der Waals surface area (Å²) in [6.45, 7) is 3.66. The van der Waals surface area contributed by atoms with Crippen LogP contribution in [0.3, 0.4) is 0 Å². The Bertz CT molecular complexity index is 366. The van der Waals surface area contributed by atoms with E-state index >= 15 is 0 Å². The molecular formula is C9H13N3O3S. The minimum atomic E-state index is -1.03. The summed E-state index contributed by atoms with van der Waals surface area (Å²) in [5.74, 6) is -1.59. The van der Waals surface area contributed by atoms with E-state index in [0.717, 1.165) is 11.5 Å². The Morgan fingerprint density at radius 2 is 2.31 bits per heavy atom. The Hall–Kier alpha value is -1.50. The zero-order valence-corrected chi connectivity index (χ0v) is 9.82. The summed E-state index contributed by atoms with van der Waals surface area (Å²) in [7, 11) is 0. The standard InChI is InChI=1S/C9H13N3O3S/c1-3-5(2)7(9(14)15)11-8(13)6-4-10-12-16-6/h4-5,7H,3H2,1-2H3,(H,11,13)(H,14,15)/t5?,7-/m0/s1. The van der Waals surface area contributed by atoms with Crippen molar-refractivity contribution in [3.63, 3.8) is 0 Å². The fourth-order valence-corrected chi connectivity index (χ4v) is 1.58. The molecule has 0 fully saturated rings. The molecule has 1 aromatic rings. The van der Waals surface area contributed by atoms with Crippen LogP contribution in [-0.4, -0.2) is 32.6 Å². The van der Waals surface area contributed by atoms with Crippen LogP contribution in [-0.2, 0) is 4.79 Å². The molecule has 1 aromatic heterocycles. The molecule has 0 saturated carbocycles.